The minimum atomic E-state index is -4.40. The summed E-state index contributed by atoms with van der Waals surface area (Å²) in [6.07, 6.45) is -4.40. The molecule has 140 valence electrons. The van der Waals surface area contributed by atoms with Crippen molar-refractivity contribution in [2.24, 2.45) is 0 Å². The van der Waals surface area contributed by atoms with Crippen molar-refractivity contribution in [1.82, 2.24) is 4.98 Å². The summed E-state index contributed by atoms with van der Waals surface area (Å²) >= 11 is 6.06. The molecule has 0 bridgehead atoms. The van der Waals surface area contributed by atoms with Gasteiger partial charge < -0.3 is 10.1 Å². The van der Waals surface area contributed by atoms with Crippen LogP contribution in [0.3, 0.4) is 0 Å². The van der Waals surface area contributed by atoms with E-state index in [2.05, 4.69) is 10.3 Å². The zero-order chi connectivity index (χ0) is 19.4. The van der Waals surface area contributed by atoms with Gasteiger partial charge in [-0.1, -0.05) is 35.9 Å². The van der Waals surface area contributed by atoms with E-state index in [0.717, 1.165) is 23.4 Å². The number of alkyl halides is 3. The zero-order valence-electron chi connectivity index (χ0n) is 14.3. The number of ether oxygens (including phenoxy) is 1. The molecule has 7 heteroatoms. The summed E-state index contributed by atoms with van der Waals surface area (Å²) in [5.74, 6) is 1.23. The Balaban J connectivity index is 1.82. The van der Waals surface area contributed by atoms with Gasteiger partial charge in [0.2, 0.25) is 0 Å². The molecule has 0 saturated carbocycles. The molecule has 0 aliphatic heterocycles. The molecule has 3 aromatic rings. The van der Waals surface area contributed by atoms with Crippen molar-refractivity contribution in [2.45, 2.75) is 12.7 Å². The average molecular weight is 393 g/mol. The smallest absolute Gasteiger partial charge is 0.416 e. The van der Waals surface area contributed by atoms with Crippen LogP contribution in [0.5, 0.6) is 5.75 Å². The molecule has 3 nitrogen and oxygen atoms in total. The first-order chi connectivity index (χ1) is 12.8. The number of rotatable bonds is 5. The molecule has 0 saturated heterocycles. The molecule has 0 unspecified atom stereocenters. The number of methoxy groups -OCH3 is 1. The fourth-order valence-corrected chi connectivity index (χ4v) is 2.77. The maximum Gasteiger partial charge on any atom is 0.416 e. The van der Waals surface area contributed by atoms with E-state index in [9.17, 15) is 13.2 Å². The second kappa shape index (κ2) is 7.88. The van der Waals surface area contributed by atoms with E-state index >= 15 is 0 Å². The van der Waals surface area contributed by atoms with Gasteiger partial charge in [0.1, 0.15) is 16.7 Å². The lowest BCUT2D eigenvalue weighted by Gasteiger charge is -2.11. The molecule has 1 aromatic heterocycles. The lowest BCUT2D eigenvalue weighted by atomic mass is 10.0. The minimum Gasteiger partial charge on any atom is -0.497 e. The number of anilines is 1. The summed E-state index contributed by atoms with van der Waals surface area (Å²) in [6, 6.07) is 15.8. The third-order valence-electron chi connectivity index (χ3n) is 3.95. The fraction of sp³-hybridized carbons (Fsp3) is 0.150. The first-order valence-electron chi connectivity index (χ1n) is 8.07. The van der Waals surface area contributed by atoms with Gasteiger partial charge in [0.05, 0.1) is 12.7 Å². The standard InChI is InChI=1S/C20H16ClF3N2O/c1-27-17-7-5-13(6-8-17)12-25-19-11-15(10-18(21)26-19)14-3-2-4-16(9-14)20(22,23)24/h2-11H,12H2,1H3,(H,25,26). The molecule has 1 heterocycles. The van der Waals surface area contributed by atoms with Crippen LogP contribution in [-0.2, 0) is 12.7 Å². The van der Waals surface area contributed by atoms with Gasteiger partial charge in [0, 0.05) is 6.54 Å². The Kier molecular flexibility index (Phi) is 5.56. The van der Waals surface area contributed by atoms with E-state index in [1.165, 1.54) is 12.1 Å². The Morgan fingerprint density at radius 1 is 1.00 bits per heavy atom. The predicted molar refractivity (Wildman–Crippen MR) is 100 cm³/mol. The summed E-state index contributed by atoms with van der Waals surface area (Å²) in [6.45, 7) is 0.485. The van der Waals surface area contributed by atoms with Crippen LogP contribution in [0, 0.1) is 0 Å². The van der Waals surface area contributed by atoms with Crippen LogP contribution in [0.1, 0.15) is 11.1 Å². The molecular weight excluding hydrogens is 377 g/mol. The van der Waals surface area contributed by atoms with Crippen LogP contribution in [0.4, 0.5) is 19.0 Å². The molecule has 27 heavy (non-hydrogen) atoms. The first kappa shape index (κ1) is 19.0. The van der Waals surface area contributed by atoms with Crippen LogP contribution in [0.15, 0.2) is 60.7 Å². The maximum atomic E-state index is 12.9. The van der Waals surface area contributed by atoms with E-state index in [1.807, 2.05) is 24.3 Å². The monoisotopic (exact) mass is 392 g/mol. The summed E-state index contributed by atoms with van der Waals surface area (Å²) in [5.41, 5.74) is 1.26. The molecule has 0 atom stereocenters. The van der Waals surface area contributed by atoms with Crippen LogP contribution in [-0.4, -0.2) is 12.1 Å². The van der Waals surface area contributed by atoms with E-state index in [-0.39, 0.29) is 5.15 Å². The second-order valence-corrected chi connectivity index (χ2v) is 6.23. The molecule has 0 aliphatic rings. The summed E-state index contributed by atoms with van der Waals surface area (Å²) in [4.78, 5) is 4.19. The van der Waals surface area contributed by atoms with Crippen LogP contribution in [0.2, 0.25) is 5.15 Å². The fourth-order valence-electron chi connectivity index (χ4n) is 2.57. The summed E-state index contributed by atoms with van der Waals surface area (Å²) < 4.78 is 44.0. The third-order valence-corrected chi connectivity index (χ3v) is 4.14. The van der Waals surface area contributed by atoms with Gasteiger partial charge in [-0.2, -0.15) is 13.2 Å². The lowest BCUT2D eigenvalue weighted by molar-refractivity contribution is -0.137. The van der Waals surface area contributed by atoms with Crippen molar-refractivity contribution in [3.05, 3.63) is 76.9 Å². The Morgan fingerprint density at radius 3 is 2.41 bits per heavy atom. The van der Waals surface area contributed by atoms with Gasteiger partial charge >= 0.3 is 6.18 Å². The van der Waals surface area contributed by atoms with Gasteiger partial charge in [-0.3, -0.25) is 0 Å². The van der Waals surface area contributed by atoms with Crippen LogP contribution < -0.4 is 10.1 Å². The van der Waals surface area contributed by atoms with Crippen molar-refractivity contribution in [3.8, 4) is 16.9 Å². The molecule has 1 N–H and O–H groups in total. The highest BCUT2D eigenvalue weighted by molar-refractivity contribution is 6.29. The predicted octanol–water partition coefficient (Wildman–Crippen LogP) is 6.04. The van der Waals surface area contributed by atoms with Crippen molar-refractivity contribution < 1.29 is 17.9 Å². The average Bonchev–Trinajstić information content (AvgIpc) is 2.66. The maximum absolute atomic E-state index is 12.9. The second-order valence-electron chi connectivity index (χ2n) is 5.84. The van der Waals surface area contributed by atoms with E-state index in [4.69, 9.17) is 16.3 Å². The Bertz CT molecular complexity index is 927. The molecule has 0 fully saturated rings. The highest BCUT2D eigenvalue weighted by Gasteiger charge is 2.30. The number of nitrogens with zero attached hydrogens (tertiary/aromatic N) is 1. The van der Waals surface area contributed by atoms with E-state index in [1.54, 1.807) is 19.2 Å². The topological polar surface area (TPSA) is 34.1 Å². The van der Waals surface area contributed by atoms with Gasteiger partial charge in [0.25, 0.3) is 0 Å². The molecule has 0 spiro atoms. The number of pyridine rings is 1. The highest BCUT2D eigenvalue weighted by Crippen LogP contribution is 2.33. The Labute approximate surface area is 159 Å². The van der Waals surface area contributed by atoms with Gasteiger partial charge in [-0.25, -0.2) is 4.98 Å². The SMILES string of the molecule is COc1ccc(CNc2cc(-c3cccc(C(F)(F)F)c3)cc(Cl)n2)cc1. The minimum absolute atomic E-state index is 0.196. The normalized spacial score (nSPS) is 11.3. The Hall–Kier alpha value is -2.73. The van der Waals surface area contributed by atoms with Crippen LogP contribution in [0.25, 0.3) is 11.1 Å². The number of hydrogen-bond acceptors (Lipinski definition) is 3. The number of benzene rings is 2. The lowest BCUT2D eigenvalue weighted by Crippen LogP contribution is -2.04. The largest absolute Gasteiger partial charge is 0.497 e. The van der Waals surface area contributed by atoms with E-state index in [0.29, 0.717) is 23.5 Å². The first-order valence-corrected chi connectivity index (χ1v) is 8.45. The number of halogens is 4. The summed E-state index contributed by atoms with van der Waals surface area (Å²) in [7, 11) is 1.60. The summed E-state index contributed by atoms with van der Waals surface area (Å²) in [5, 5.41) is 3.33. The van der Waals surface area contributed by atoms with E-state index < -0.39 is 11.7 Å². The van der Waals surface area contributed by atoms with Crippen molar-refractivity contribution in [1.29, 1.82) is 0 Å². The number of aromatic nitrogens is 1. The number of hydrogen-bond donors (Lipinski definition) is 1. The van der Waals surface area contributed by atoms with Crippen LogP contribution >= 0.6 is 11.6 Å². The van der Waals surface area contributed by atoms with Crippen molar-refractivity contribution in [2.75, 3.05) is 12.4 Å². The van der Waals surface area contributed by atoms with Crippen molar-refractivity contribution >= 4 is 17.4 Å². The highest BCUT2D eigenvalue weighted by atomic mass is 35.5. The van der Waals surface area contributed by atoms with Gasteiger partial charge in [-0.05, 0) is 53.1 Å². The molecule has 0 radical (unpaired) electrons. The Morgan fingerprint density at radius 2 is 1.74 bits per heavy atom. The van der Waals surface area contributed by atoms with Crippen molar-refractivity contribution in [3.63, 3.8) is 0 Å². The molecule has 3 rings (SSSR count). The quantitative estimate of drug-likeness (QED) is 0.537. The molecule has 0 aliphatic carbocycles. The van der Waals surface area contributed by atoms with Gasteiger partial charge in [-0.15, -0.1) is 0 Å². The zero-order valence-corrected chi connectivity index (χ0v) is 15.1. The molecule has 0 amide bonds. The number of nitrogens with one attached hydrogen (secondary N) is 1. The molecular formula is C20H16ClF3N2O. The molecule has 2 aromatic carbocycles. The van der Waals surface area contributed by atoms with Gasteiger partial charge in [0.15, 0.2) is 0 Å². The third kappa shape index (κ3) is 4.92.